The predicted octanol–water partition coefficient (Wildman–Crippen LogP) is 5.16. The summed E-state index contributed by atoms with van der Waals surface area (Å²) in [5.41, 5.74) is 2.23. The lowest BCUT2D eigenvalue weighted by atomic mass is 10.2. The van der Waals surface area contributed by atoms with Crippen molar-refractivity contribution < 1.29 is 9.47 Å². The van der Waals surface area contributed by atoms with Crippen LogP contribution < -0.4 is 14.8 Å². The molecule has 3 nitrogen and oxygen atoms in total. The lowest BCUT2D eigenvalue weighted by Gasteiger charge is -2.12. The van der Waals surface area contributed by atoms with Crippen LogP contribution in [0.5, 0.6) is 16.6 Å². The molecule has 3 aromatic rings. The molecule has 0 bridgehead atoms. The standard InChI is InChI=1S/C18H17NO2S/c1-20-16-10-9-15(19-13-14-6-3-2-4-7-14)12-17(16)21-18-8-5-11-22-18/h2-12,19H,13H2,1H3. The predicted molar refractivity (Wildman–Crippen MR) is 91.2 cm³/mol. The van der Waals surface area contributed by atoms with E-state index < -0.39 is 0 Å². The molecule has 1 heterocycles. The highest BCUT2D eigenvalue weighted by molar-refractivity contribution is 7.11. The van der Waals surface area contributed by atoms with Crippen molar-refractivity contribution in [2.24, 2.45) is 0 Å². The third-order valence-electron chi connectivity index (χ3n) is 3.21. The average Bonchev–Trinajstić information content (AvgIpc) is 3.07. The van der Waals surface area contributed by atoms with E-state index >= 15 is 0 Å². The molecule has 0 aliphatic heterocycles. The van der Waals surface area contributed by atoms with Gasteiger partial charge in [-0.3, -0.25) is 0 Å². The molecule has 22 heavy (non-hydrogen) atoms. The summed E-state index contributed by atoms with van der Waals surface area (Å²) in [7, 11) is 1.65. The molecule has 0 saturated heterocycles. The van der Waals surface area contributed by atoms with Crippen LogP contribution in [0.3, 0.4) is 0 Å². The fourth-order valence-corrected chi connectivity index (χ4v) is 2.68. The molecule has 0 amide bonds. The Hall–Kier alpha value is -2.46. The molecule has 0 aliphatic carbocycles. The smallest absolute Gasteiger partial charge is 0.181 e. The summed E-state index contributed by atoms with van der Waals surface area (Å²) in [4.78, 5) is 0. The van der Waals surface area contributed by atoms with E-state index in [1.807, 2.05) is 53.9 Å². The lowest BCUT2D eigenvalue weighted by Crippen LogP contribution is -1.99. The number of hydrogen-bond acceptors (Lipinski definition) is 4. The second-order valence-corrected chi connectivity index (χ2v) is 5.65. The van der Waals surface area contributed by atoms with Gasteiger partial charge < -0.3 is 14.8 Å². The van der Waals surface area contributed by atoms with Gasteiger partial charge >= 0.3 is 0 Å². The van der Waals surface area contributed by atoms with E-state index in [9.17, 15) is 0 Å². The Bertz CT molecular complexity index is 711. The number of thiophene rings is 1. The summed E-state index contributed by atoms with van der Waals surface area (Å²) in [5.74, 6) is 1.43. The van der Waals surface area contributed by atoms with E-state index in [4.69, 9.17) is 9.47 Å². The maximum absolute atomic E-state index is 5.89. The first-order valence-corrected chi connectivity index (χ1v) is 7.90. The number of rotatable bonds is 6. The zero-order valence-electron chi connectivity index (χ0n) is 12.3. The fraction of sp³-hybridized carbons (Fsp3) is 0.111. The zero-order chi connectivity index (χ0) is 15.2. The van der Waals surface area contributed by atoms with Gasteiger partial charge in [-0.2, -0.15) is 0 Å². The maximum atomic E-state index is 5.89. The minimum atomic E-state index is 0.711. The van der Waals surface area contributed by atoms with Crippen LogP contribution in [0.2, 0.25) is 0 Å². The van der Waals surface area contributed by atoms with Crippen LogP contribution >= 0.6 is 11.3 Å². The minimum absolute atomic E-state index is 0.711. The Morgan fingerprint density at radius 2 is 1.82 bits per heavy atom. The minimum Gasteiger partial charge on any atom is -0.493 e. The van der Waals surface area contributed by atoms with Crippen LogP contribution in [-0.4, -0.2) is 7.11 Å². The summed E-state index contributed by atoms with van der Waals surface area (Å²) < 4.78 is 11.3. The van der Waals surface area contributed by atoms with Crippen molar-refractivity contribution >= 4 is 17.0 Å². The molecule has 0 atom stereocenters. The molecular formula is C18H17NO2S. The van der Waals surface area contributed by atoms with Gasteiger partial charge in [0, 0.05) is 18.3 Å². The number of hydrogen-bond donors (Lipinski definition) is 1. The van der Waals surface area contributed by atoms with Gasteiger partial charge in [-0.1, -0.05) is 30.3 Å². The zero-order valence-corrected chi connectivity index (χ0v) is 13.1. The van der Waals surface area contributed by atoms with E-state index in [1.54, 1.807) is 18.4 Å². The summed E-state index contributed by atoms with van der Waals surface area (Å²) in [6, 6.07) is 20.1. The van der Waals surface area contributed by atoms with E-state index in [1.165, 1.54) is 5.56 Å². The summed E-state index contributed by atoms with van der Waals surface area (Å²) in [6.07, 6.45) is 0. The van der Waals surface area contributed by atoms with Crippen molar-refractivity contribution in [2.75, 3.05) is 12.4 Å². The van der Waals surface area contributed by atoms with Crippen LogP contribution in [-0.2, 0) is 6.54 Å². The van der Waals surface area contributed by atoms with Gasteiger partial charge in [-0.15, -0.1) is 11.3 Å². The van der Waals surface area contributed by atoms with Gasteiger partial charge in [0.05, 0.1) is 7.11 Å². The molecule has 1 N–H and O–H groups in total. The van der Waals surface area contributed by atoms with Crippen molar-refractivity contribution in [1.82, 2.24) is 0 Å². The SMILES string of the molecule is COc1ccc(NCc2ccccc2)cc1Oc1cccs1. The topological polar surface area (TPSA) is 30.5 Å². The van der Waals surface area contributed by atoms with E-state index in [0.717, 1.165) is 23.0 Å². The van der Waals surface area contributed by atoms with Crippen molar-refractivity contribution in [3.05, 3.63) is 71.6 Å². The van der Waals surface area contributed by atoms with Crippen LogP contribution in [0.15, 0.2) is 66.0 Å². The Balaban J connectivity index is 1.75. The third kappa shape index (κ3) is 3.59. The van der Waals surface area contributed by atoms with Gasteiger partial charge in [-0.25, -0.2) is 0 Å². The van der Waals surface area contributed by atoms with Crippen LogP contribution in [0.4, 0.5) is 5.69 Å². The highest BCUT2D eigenvalue weighted by atomic mass is 32.1. The first-order valence-electron chi connectivity index (χ1n) is 7.02. The first kappa shape index (κ1) is 14.5. The van der Waals surface area contributed by atoms with Crippen molar-refractivity contribution in [1.29, 1.82) is 0 Å². The molecule has 3 rings (SSSR count). The van der Waals surface area contributed by atoms with Gasteiger partial charge in [0.15, 0.2) is 16.6 Å². The van der Waals surface area contributed by atoms with E-state index in [2.05, 4.69) is 17.4 Å². The van der Waals surface area contributed by atoms with Gasteiger partial charge in [0.2, 0.25) is 0 Å². The number of ether oxygens (including phenoxy) is 2. The molecule has 0 fully saturated rings. The van der Waals surface area contributed by atoms with Crippen molar-refractivity contribution in [3.63, 3.8) is 0 Å². The quantitative estimate of drug-likeness (QED) is 0.682. The highest BCUT2D eigenvalue weighted by Gasteiger charge is 2.08. The number of nitrogens with one attached hydrogen (secondary N) is 1. The Kier molecular flexibility index (Phi) is 4.61. The van der Waals surface area contributed by atoms with Gasteiger partial charge in [0.1, 0.15) is 0 Å². The van der Waals surface area contributed by atoms with Crippen LogP contribution in [0.1, 0.15) is 5.56 Å². The highest BCUT2D eigenvalue weighted by Crippen LogP contribution is 2.35. The average molecular weight is 311 g/mol. The molecule has 2 aromatic carbocycles. The summed E-state index contributed by atoms with van der Waals surface area (Å²) in [5, 5.41) is 6.23. The van der Waals surface area contributed by atoms with Gasteiger partial charge in [-0.05, 0) is 35.2 Å². The number of anilines is 1. The Labute approximate surface area is 134 Å². The Morgan fingerprint density at radius 3 is 2.55 bits per heavy atom. The molecular weight excluding hydrogens is 294 g/mol. The second kappa shape index (κ2) is 7.00. The molecule has 0 unspecified atom stereocenters. The van der Waals surface area contributed by atoms with Gasteiger partial charge in [0.25, 0.3) is 0 Å². The van der Waals surface area contributed by atoms with Crippen LogP contribution in [0.25, 0.3) is 0 Å². The van der Waals surface area contributed by atoms with E-state index in [-0.39, 0.29) is 0 Å². The monoisotopic (exact) mass is 311 g/mol. The summed E-state index contributed by atoms with van der Waals surface area (Å²) >= 11 is 1.55. The third-order valence-corrected chi connectivity index (χ3v) is 3.95. The van der Waals surface area contributed by atoms with Crippen molar-refractivity contribution in [3.8, 4) is 16.6 Å². The molecule has 112 valence electrons. The lowest BCUT2D eigenvalue weighted by molar-refractivity contribution is 0.382. The molecule has 4 heteroatoms. The van der Waals surface area contributed by atoms with Crippen molar-refractivity contribution in [2.45, 2.75) is 6.54 Å². The molecule has 0 saturated carbocycles. The molecule has 1 aromatic heterocycles. The number of benzene rings is 2. The van der Waals surface area contributed by atoms with E-state index in [0.29, 0.717) is 5.75 Å². The molecule has 0 spiro atoms. The maximum Gasteiger partial charge on any atom is 0.181 e. The molecule has 0 aliphatic rings. The number of methoxy groups -OCH3 is 1. The first-order chi connectivity index (χ1) is 10.8. The molecule has 0 radical (unpaired) electrons. The Morgan fingerprint density at radius 1 is 0.955 bits per heavy atom. The summed E-state index contributed by atoms with van der Waals surface area (Å²) in [6.45, 7) is 0.769. The second-order valence-electron chi connectivity index (χ2n) is 4.74. The van der Waals surface area contributed by atoms with Crippen LogP contribution in [0, 0.1) is 0 Å². The fourth-order valence-electron chi connectivity index (χ4n) is 2.10. The normalized spacial score (nSPS) is 10.2. The largest absolute Gasteiger partial charge is 0.493 e.